The van der Waals surface area contributed by atoms with Crippen molar-refractivity contribution in [2.24, 2.45) is 0 Å². The summed E-state index contributed by atoms with van der Waals surface area (Å²) in [6.07, 6.45) is 0. The van der Waals surface area contributed by atoms with Crippen LogP contribution in [0.4, 0.5) is 9.52 Å². The summed E-state index contributed by atoms with van der Waals surface area (Å²) in [6.45, 7) is 0.653. The molecule has 2 aromatic carbocycles. The zero-order valence-corrected chi connectivity index (χ0v) is 10.4. The minimum atomic E-state index is -0.210. The van der Waals surface area contributed by atoms with Gasteiger partial charge in [0.05, 0.1) is 10.2 Å². The molecule has 1 heterocycles. The van der Waals surface area contributed by atoms with Gasteiger partial charge in [-0.05, 0) is 29.8 Å². The van der Waals surface area contributed by atoms with E-state index in [1.54, 1.807) is 23.5 Å². The highest BCUT2D eigenvalue weighted by molar-refractivity contribution is 7.22. The summed E-state index contributed by atoms with van der Waals surface area (Å²) < 4.78 is 13.9. The quantitative estimate of drug-likeness (QED) is 0.766. The highest BCUT2D eigenvalue weighted by Crippen LogP contribution is 2.25. The van der Waals surface area contributed by atoms with Crippen LogP contribution in [0.3, 0.4) is 0 Å². The molecule has 1 aromatic heterocycles. The van der Waals surface area contributed by atoms with E-state index in [0.29, 0.717) is 6.54 Å². The number of nitrogens with zero attached hydrogens (tertiary/aromatic N) is 1. The van der Waals surface area contributed by atoms with Crippen LogP contribution in [0.15, 0.2) is 48.5 Å². The van der Waals surface area contributed by atoms with Gasteiger partial charge in [-0.3, -0.25) is 0 Å². The van der Waals surface area contributed by atoms with Gasteiger partial charge in [0, 0.05) is 6.54 Å². The van der Waals surface area contributed by atoms with Crippen molar-refractivity contribution < 1.29 is 4.39 Å². The first kappa shape index (κ1) is 11.2. The summed E-state index contributed by atoms with van der Waals surface area (Å²) in [5, 5.41) is 4.14. The maximum atomic E-state index is 12.8. The van der Waals surface area contributed by atoms with Crippen LogP contribution < -0.4 is 5.32 Å². The molecule has 18 heavy (non-hydrogen) atoms. The number of rotatable bonds is 3. The molecule has 0 saturated heterocycles. The van der Waals surface area contributed by atoms with Crippen molar-refractivity contribution >= 4 is 26.7 Å². The molecule has 1 N–H and O–H groups in total. The van der Waals surface area contributed by atoms with Gasteiger partial charge in [0.1, 0.15) is 5.82 Å². The Balaban J connectivity index is 1.74. The lowest BCUT2D eigenvalue weighted by atomic mass is 10.2. The molecule has 0 aliphatic carbocycles. The molecule has 0 unspecified atom stereocenters. The third-order valence-electron chi connectivity index (χ3n) is 2.65. The van der Waals surface area contributed by atoms with Crippen molar-refractivity contribution in [3.63, 3.8) is 0 Å². The first-order chi connectivity index (χ1) is 8.81. The van der Waals surface area contributed by atoms with E-state index in [9.17, 15) is 4.39 Å². The second kappa shape index (κ2) is 4.74. The molecule has 3 rings (SSSR count). The predicted molar refractivity (Wildman–Crippen MR) is 73.3 cm³/mol. The van der Waals surface area contributed by atoms with E-state index < -0.39 is 0 Å². The van der Waals surface area contributed by atoms with Crippen molar-refractivity contribution in [3.05, 3.63) is 59.9 Å². The van der Waals surface area contributed by atoms with Gasteiger partial charge in [0.2, 0.25) is 0 Å². The molecule has 3 aromatic rings. The van der Waals surface area contributed by atoms with Crippen LogP contribution in [0.2, 0.25) is 0 Å². The fourth-order valence-corrected chi connectivity index (χ4v) is 2.59. The molecule has 4 heteroatoms. The van der Waals surface area contributed by atoms with Gasteiger partial charge in [-0.1, -0.05) is 35.6 Å². The number of thiazole rings is 1. The van der Waals surface area contributed by atoms with Crippen molar-refractivity contribution in [1.29, 1.82) is 0 Å². The Morgan fingerprint density at radius 2 is 1.83 bits per heavy atom. The molecule has 2 nitrogen and oxygen atoms in total. The second-order valence-electron chi connectivity index (χ2n) is 3.97. The van der Waals surface area contributed by atoms with Gasteiger partial charge >= 0.3 is 0 Å². The van der Waals surface area contributed by atoms with E-state index in [1.165, 1.54) is 16.8 Å². The molecule has 0 spiro atoms. The molecular weight excluding hydrogens is 247 g/mol. The van der Waals surface area contributed by atoms with Gasteiger partial charge in [0.25, 0.3) is 0 Å². The van der Waals surface area contributed by atoms with Gasteiger partial charge in [0.15, 0.2) is 5.13 Å². The summed E-state index contributed by atoms with van der Waals surface area (Å²) in [4.78, 5) is 4.48. The number of aromatic nitrogens is 1. The highest BCUT2D eigenvalue weighted by Gasteiger charge is 2.02. The SMILES string of the molecule is Fc1ccc(CNc2nc3ccccc3s2)cc1. The molecule has 0 aliphatic heterocycles. The maximum Gasteiger partial charge on any atom is 0.184 e. The molecule has 0 aliphatic rings. The van der Waals surface area contributed by atoms with E-state index in [2.05, 4.69) is 16.4 Å². The standard InChI is InChI=1S/C14H11FN2S/c15-11-7-5-10(6-8-11)9-16-14-17-12-3-1-2-4-13(12)18-14/h1-8H,9H2,(H,16,17). The lowest BCUT2D eigenvalue weighted by Crippen LogP contribution is -1.98. The summed E-state index contributed by atoms with van der Waals surface area (Å²) in [7, 11) is 0. The van der Waals surface area contributed by atoms with E-state index in [-0.39, 0.29) is 5.82 Å². The topological polar surface area (TPSA) is 24.9 Å². The Morgan fingerprint density at radius 3 is 2.61 bits per heavy atom. The molecule has 0 amide bonds. The first-order valence-electron chi connectivity index (χ1n) is 5.65. The smallest absolute Gasteiger partial charge is 0.184 e. The van der Waals surface area contributed by atoms with Crippen molar-refractivity contribution in [1.82, 2.24) is 4.98 Å². The van der Waals surface area contributed by atoms with Crippen molar-refractivity contribution in [2.75, 3.05) is 5.32 Å². The van der Waals surface area contributed by atoms with Crippen LogP contribution in [-0.2, 0) is 6.54 Å². The summed E-state index contributed by atoms with van der Waals surface area (Å²) in [5.74, 6) is -0.210. The van der Waals surface area contributed by atoms with Gasteiger partial charge in [-0.2, -0.15) is 0 Å². The van der Waals surface area contributed by atoms with Crippen LogP contribution in [0.5, 0.6) is 0 Å². The third kappa shape index (κ3) is 2.33. The minimum Gasteiger partial charge on any atom is -0.357 e. The number of halogens is 1. The fourth-order valence-electron chi connectivity index (χ4n) is 1.73. The molecule has 90 valence electrons. The Bertz CT molecular complexity index is 628. The Kier molecular flexibility index (Phi) is 2.94. The van der Waals surface area contributed by atoms with Crippen LogP contribution in [0.25, 0.3) is 10.2 Å². The third-order valence-corrected chi connectivity index (χ3v) is 3.64. The van der Waals surface area contributed by atoms with Crippen molar-refractivity contribution in [2.45, 2.75) is 6.54 Å². The van der Waals surface area contributed by atoms with E-state index in [4.69, 9.17) is 0 Å². The van der Waals surface area contributed by atoms with Crippen LogP contribution in [0.1, 0.15) is 5.56 Å². The van der Waals surface area contributed by atoms with Crippen LogP contribution in [-0.4, -0.2) is 4.98 Å². The number of benzene rings is 2. The van der Waals surface area contributed by atoms with Gasteiger partial charge in [-0.25, -0.2) is 9.37 Å². The molecule has 0 fully saturated rings. The molecule has 0 bridgehead atoms. The van der Waals surface area contributed by atoms with E-state index >= 15 is 0 Å². The second-order valence-corrected chi connectivity index (χ2v) is 5.00. The minimum absolute atomic E-state index is 0.210. The summed E-state index contributed by atoms with van der Waals surface area (Å²) in [6, 6.07) is 14.5. The highest BCUT2D eigenvalue weighted by atomic mass is 32.1. The van der Waals surface area contributed by atoms with E-state index in [0.717, 1.165) is 16.2 Å². The molecule has 0 atom stereocenters. The average molecular weight is 258 g/mol. The average Bonchev–Trinajstić information content (AvgIpc) is 2.81. The normalized spacial score (nSPS) is 10.7. The van der Waals surface area contributed by atoms with Gasteiger partial charge < -0.3 is 5.32 Å². The number of para-hydroxylation sites is 1. The summed E-state index contributed by atoms with van der Waals surface area (Å²) in [5.41, 5.74) is 2.04. The largest absolute Gasteiger partial charge is 0.357 e. The van der Waals surface area contributed by atoms with Crippen LogP contribution >= 0.6 is 11.3 Å². The number of fused-ring (bicyclic) bond motifs is 1. The molecule has 0 saturated carbocycles. The van der Waals surface area contributed by atoms with E-state index in [1.807, 2.05) is 18.2 Å². The first-order valence-corrected chi connectivity index (χ1v) is 6.47. The fraction of sp³-hybridized carbons (Fsp3) is 0.0714. The number of anilines is 1. The maximum absolute atomic E-state index is 12.8. The van der Waals surface area contributed by atoms with Gasteiger partial charge in [-0.15, -0.1) is 0 Å². The Morgan fingerprint density at radius 1 is 1.06 bits per heavy atom. The Labute approximate surface area is 108 Å². The Hall–Kier alpha value is -1.94. The zero-order valence-electron chi connectivity index (χ0n) is 9.56. The lowest BCUT2D eigenvalue weighted by Gasteiger charge is -2.02. The van der Waals surface area contributed by atoms with Crippen molar-refractivity contribution in [3.8, 4) is 0 Å². The monoisotopic (exact) mass is 258 g/mol. The number of hydrogen-bond acceptors (Lipinski definition) is 3. The summed E-state index contributed by atoms with van der Waals surface area (Å²) >= 11 is 1.62. The molecule has 0 radical (unpaired) electrons. The molecular formula is C14H11FN2S. The predicted octanol–water partition coefficient (Wildman–Crippen LogP) is 4.05. The number of hydrogen-bond donors (Lipinski definition) is 1. The lowest BCUT2D eigenvalue weighted by molar-refractivity contribution is 0.627. The zero-order chi connectivity index (χ0) is 12.4. The number of nitrogens with one attached hydrogen (secondary N) is 1. The van der Waals surface area contributed by atoms with Crippen LogP contribution in [0, 0.1) is 5.82 Å².